The summed E-state index contributed by atoms with van der Waals surface area (Å²) < 4.78 is 0.852. The SMILES string of the molecule is O=C1CCC(CSc2cc(Br)ccc2C(=O)O)N1. The lowest BCUT2D eigenvalue weighted by Crippen LogP contribution is -2.27. The number of halogens is 1. The third-order valence-corrected chi connectivity index (χ3v) is 4.41. The van der Waals surface area contributed by atoms with Crippen LogP contribution >= 0.6 is 27.7 Å². The van der Waals surface area contributed by atoms with Crippen LogP contribution < -0.4 is 5.32 Å². The fraction of sp³-hybridized carbons (Fsp3) is 0.333. The quantitative estimate of drug-likeness (QED) is 0.833. The first kappa shape index (κ1) is 13.4. The molecule has 1 fully saturated rings. The van der Waals surface area contributed by atoms with Crippen LogP contribution in [-0.4, -0.2) is 28.8 Å². The van der Waals surface area contributed by atoms with Gasteiger partial charge in [0, 0.05) is 27.6 Å². The summed E-state index contributed by atoms with van der Waals surface area (Å²) in [5, 5.41) is 12.0. The molecule has 0 spiro atoms. The molecular weight excluding hydrogens is 318 g/mol. The largest absolute Gasteiger partial charge is 0.478 e. The molecule has 0 aromatic heterocycles. The van der Waals surface area contributed by atoms with Crippen molar-refractivity contribution >= 4 is 39.6 Å². The topological polar surface area (TPSA) is 66.4 Å². The summed E-state index contributed by atoms with van der Waals surface area (Å²) >= 11 is 4.80. The van der Waals surface area contributed by atoms with Crippen molar-refractivity contribution in [2.75, 3.05) is 5.75 Å². The highest BCUT2D eigenvalue weighted by Gasteiger charge is 2.21. The molecule has 0 saturated carbocycles. The van der Waals surface area contributed by atoms with Crippen LogP contribution in [0, 0.1) is 0 Å². The van der Waals surface area contributed by atoms with Crippen molar-refractivity contribution in [1.29, 1.82) is 0 Å². The van der Waals surface area contributed by atoms with Crippen molar-refractivity contribution in [3.63, 3.8) is 0 Å². The van der Waals surface area contributed by atoms with E-state index in [2.05, 4.69) is 21.2 Å². The van der Waals surface area contributed by atoms with E-state index in [9.17, 15) is 9.59 Å². The average molecular weight is 330 g/mol. The standard InChI is InChI=1S/C12H12BrNO3S/c13-7-1-3-9(12(16)17)10(5-7)18-6-8-2-4-11(15)14-8/h1,3,5,8H,2,4,6H2,(H,14,15)(H,16,17). The Kier molecular flexibility index (Phi) is 4.29. The Morgan fingerprint density at radius 3 is 2.94 bits per heavy atom. The highest BCUT2D eigenvalue weighted by atomic mass is 79.9. The number of carbonyl (C=O) groups excluding carboxylic acids is 1. The van der Waals surface area contributed by atoms with Gasteiger partial charge in [-0.05, 0) is 24.6 Å². The van der Waals surface area contributed by atoms with Gasteiger partial charge in [0.1, 0.15) is 0 Å². The maximum Gasteiger partial charge on any atom is 0.336 e. The summed E-state index contributed by atoms with van der Waals surface area (Å²) in [5.74, 6) is -0.156. The molecule has 0 radical (unpaired) electrons. The normalized spacial score (nSPS) is 18.7. The molecular formula is C12H12BrNO3S. The van der Waals surface area contributed by atoms with Crippen LogP contribution in [0.1, 0.15) is 23.2 Å². The Balaban J connectivity index is 2.06. The third-order valence-electron chi connectivity index (χ3n) is 2.70. The van der Waals surface area contributed by atoms with E-state index in [0.29, 0.717) is 17.7 Å². The number of hydrogen-bond acceptors (Lipinski definition) is 3. The zero-order valence-electron chi connectivity index (χ0n) is 9.48. The summed E-state index contributed by atoms with van der Waals surface area (Å²) in [7, 11) is 0. The van der Waals surface area contributed by atoms with Crippen molar-refractivity contribution in [2.45, 2.75) is 23.8 Å². The molecule has 1 heterocycles. The van der Waals surface area contributed by atoms with E-state index in [1.807, 2.05) is 0 Å². The number of amides is 1. The molecule has 4 nitrogen and oxygen atoms in total. The molecule has 0 bridgehead atoms. The van der Waals surface area contributed by atoms with E-state index in [1.165, 1.54) is 11.8 Å². The molecule has 0 aliphatic carbocycles. The van der Waals surface area contributed by atoms with Crippen LogP contribution in [0.25, 0.3) is 0 Å². The van der Waals surface area contributed by atoms with Gasteiger partial charge >= 0.3 is 5.97 Å². The van der Waals surface area contributed by atoms with Crippen molar-refractivity contribution in [3.8, 4) is 0 Å². The van der Waals surface area contributed by atoms with Gasteiger partial charge in [-0.3, -0.25) is 4.79 Å². The second-order valence-corrected chi connectivity index (χ2v) is 6.04. The molecule has 6 heteroatoms. The number of carboxylic acid groups (broad SMARTS) is 1. The average Bonchev–Trinajstić information content (AvgIpc) is 2.72. The number of thioether (sulfide) groups is 1. The van der Waals surface area contributed by atoms with Gasteiger partial charge in [-0.15, -0.1) is 11.8 Å². The van der Waals surface area contributed by atoms with E-state index in [-0.39, 0.29) is 11.9 Å². The second-order valence-electron chi connectivity index (χ2n) is 4.06. The Morgan fingerprint density at radius 1 is 1.56 bits per heavy atom. The predicted octanol–water partition coefficient (Wildman–Crippen LogP) is 2.52. The summed E-state index contributed by atoms with van der Waals surface area (Å²) in [6.07, 6.45) is 1.39. The minimum atomic E-state index is -0.930. The second kappa shape index (κ2) is 5.75. The number of rotatable bonds is 4. The molecule has 2 N–H and O–H groups in total. The first-order valence-corrected chi connectivity index (χ1v) is 7.29. The van der Waals surface area contributed by atoms with Gasteiger partial charge in [0.15, 0.2) is 0 Å². The number of aromatic carboxylic acids is 1. The zero-order valence-corrected chi connectivity index (χ0v) is 11.9. The highest BCUT2D eigenvalue weighted by molar-refractivity contribution is 9.10. The van der Waals surface area contributed by atoms with Crippen LogP contribution in [0.3, 0.4) is 0 Å². The Hall–Kier alpha value is -1.01. The lowest BCUT2D eigenvalue weighted by molar-refractivity contribution is -0.119. The summed E-state index contributed by atoms with van der Waals surface area (Å²) in [5.41, 5.74) is 0.299. The molecule has 1 aromatic carbocycles. The van der Waals surface area contributed by atoms with E-state index in [4.69, 9.17) is 5.11 Å². The molecule has 1 aliphatic heterocycles. The number of carbonyl (C=O) groups is 2. The van der Waals surface area contributed by atoms with E-state index in [0.717, 1.165) is 15.8 Å². The fourth-order valence-corrected chi connectivity index (χ4v) is 3.45. The van der Waals surface area contributed by atoms with Gasteiger partial charge in [0.2, 0.25) is 5.91 Å². The summed E-state index contributed by atoms with van der Waals surface area (Å²) in [6, 6.07) is 5.24. The van der Waals surface area contributed by atoms with Crippen molar-refractivity contribution < 1.29 is 14.7 Å². The molecule has 1 saturated heterocycles. The molecule has 2 rings (SSSR count). The number of benzene rings is 1. The molecule has 1 aromatic rings. The van der Waals surface area contributed by atoms with Gasteiger partial charge in [-0.2, -0.15) is 0 Å². The molecule has 1 aliphatic rings. The first-order valence-electron chi connectivity index (χ1n) is 5.51. The van der Waals surface area contributed by atoms with Crippen molar-refractivity contribution in [2.24, 2.45) is 0 Å². The van der Waals surface area contributed by atoms with Gasteiger partial charge in [0.25, 0.3) is 0 Å². The fourth-order valence-electron chi connectivity index (χ4n) is 1.78. The van der Waals surface area contributed by atoms with Crippen LogP contribution in [-0.2, 0) is 4.79 Å². The highest BCUT2D eigenvalue weighted by Crippen LogP contribution is 2.28. The van der Waals surface area contributed by atoms with Gasteiger partial charge in [0.05, 0.1) is 5.56 Å². The van der Waals surface area contributed by atoms with Crippen LogP contribution in [0.15, 0.2) is 27.6 Å². The minimum absolute atomic E-state index is 0.0771. The molecule has 18 heavy (non-hydrogen) atoms. The Bertz CT molecular complexity index is 492. The maximum atomic E-state index is 11.1. The molecule has 96 valence electrons. The van der Waals surface area contributed by atoms with E-state index >= 15 is 0 Å². The molecule has 1 amide bonds. The zero-order chi connectivity index (χ0) is 13.1. The molecule has 1 unspecified atom stereocenters. The summed E-state index contributed by atoms with van der Waals surface area (Å²) in [4.78, 5) is 22.9. The summed E-state index contributed by atoms with van der Waals surface area (Å²) in [6.45, 7) is 0. The lowest BCUT2D eigenvalue weighted by Gasteiger charge is -2.11. The Morgan fingerprint density at radius 2 is 2.33 bits per heavy atom. The van der Waals surface area contributed by atoms with Crippen LogP contribution in [0.5, 0.6) is 0 Å². The first-order chi connectivity index (χ1) is 8.56. The van der Waals surface area contributed by atoms with Crippen molar-refractivity contribution in [1.82, 2.24) is 5.32 Å². The maximum absolute atomic E-state index is 11.1. The third kappa shape index (κ3) is 3.26. The molecule has 1 atom stereocenters. The van der Waals surface area contributed by atoms with E-state index < -0.39 is 5.97 Å². The number of carboxylic acids is 1. The number of nitrogens with one attached hydrogen (secondary N) is 1. The lowest BCUT2D eigenvalue weighted by atomic mass is 10.2. The van der Waals surface area contributed by atoms with Crippen molar-refractivity contribution in [3.05, 3.63) is 28.2 Å². The van der Waals surface area contributed by atoms with Gasteiger partial charge < -0.3 is 10.4 Å². The van der Waals surface area contributed by atoms with Gasteiger partial charge in [-0.25, -0.2) is 4.79 Å². The predicted molar refractivity (Wildman–Crippen MR) is 73.0 cm³/mol. The smallest absolute Gasteiger partial charge is 0.336 e. The number of hydrogen-bond donors (Lipinski definition) is 2. The van der Waals surface area contributed by atoms with Crippen LogP contribution in [0.2, 0.25) is 0 Å². The van der Waals surface area contributed by atoms with Gasteiger partial charge in [-0.1, -0.05) is 15.9 Å². The Labute approximate surface area is 117 Å². The van der Waals surface area contributed by atoms with E-state index in [1.54, 1.807) is 18.2 Å². The monoisotopic (exact) mass is 329 g/mol. The minimum Gasteiger partial charge on any atom is -0.478 e. The van der Waals surface area contributed by atoms with Crippen LogP contribution in [0.4, 0.5) is 0 Å².